The van der Waals surface area contributed by atoms with E-state index in [4.69, 9.17) is 0 Å². The van der Waals surface area contributed by atoms with Crippen LogP contribution in [-0.4, -0.2) is 27.2 Å². The lowest BCUT2D eigenvalue weighted by molar-refractivity contribution is -0.0496. The van der Waals surface area contributed by atoms with Gasteiger partial charge < -0.3 is 0 Å². The molecule has 0 amide bonds. The summed E-state index contributed by atoms with van der Waals surface area (Å²) in [5.74, 6) is -3.70. The molecule has 0 aromatic heterocycles. The van der Waals surface area contributed by atoms with Crippen molar-refractivity contribution >= 4 is 10.1 Å². The number of hydrogen-bond acceptors (Lipinski definition) is 3. The molecule has 0 aliphatic heterocycles. The minimum atomic E-state index is -3.60. The van der Waals surface area contributed by atoms with E-state index in [-0.39, 0.29) is 6.42 Å². The lowest BCUT2D eigenvalue weighted by atomic mass is 10.1. The van der Waals surface area contributed by atoms with Gasteiger partial charge in [-0.1, -0.05) is 0 Å². The number of rotatable bonds is 3. The minimum Gasteiger partial charge on any atom is -0.270 e. The van der Waals surface area contributed by atoms with Gasteiger partial charge in [-0.3, -0.25) is 4.18 Å². The summed E-state index contributed by atoms with van der Waals surface area (Å²) in [6, 6.07) is 0. The molecule has 78 valence electrons. The van der Waals surface area contributed by atoms with Crippen molar-refractivity contribution < 1.29 is 21.4 Å². The van der Waals surface area contributed by atoms with E-state index in [0.717, 1.165) is 6.26 Å². The first-order valence-corrected chi connectivity index (χ1v) is 5.85. The Morgan fingerprint density at radius 2 is 2.15 bits per heavy atom. The minimum absolute atomic E-state index is 0.162. The normalized spacial score (nSPS) is 27.8. The summed E-state index contributed by atoms with van der Waals surface area (Å²) in [6.07, 6.45) is 1.47. The second kappa shape index (κ2) is 3.49. The Balaban J connectivity index is 2.46. The van der Waals surface area contributed by atoms with Crippen LogP contribution in [0.15, 0.2) is 0 Å². The molecule has 0 aromatic rings. The van der Waals surface area contributed by atoms with Gasteiger partial charge in [0, 0.05) is 12.3 Å². The van der Waals surface area contributed by atoms with E-state index in [2.05, 4.69) is 4.18 Å². The number of hydrogen-bond donors (Lipinski definition) is 0. The molecule has 1 rings (SSSR count). The molecule has 1 aliphatic rings. The molecule has 0 spiro atoms. The molecule has 3 nitrogen and oxygen atoms in total. The van der Waals surface area contributed by atoms with E-state index in [0.29, 0.717) is 12.8 Å². The summed E-state index contributed by atoms with van der Waals surface area (Å²) >= 11 is 0. The van der Waals surface area contributed by atoms with Crippen LogP contribution in [0.5, 0.6) is 0 Å². The highest BCUT2D eigenvalue weighted by Crippen LogP contribution is 2.40. The zero-order valence-electron chi connectivity index (χ0n) is 7.29. The highest BCUT2D eigenvalue weighted by atomic mass is 32.2. The van der Waals surface area contributed by atoms with E-state index in [1.807, 2.05) is 0 Å². The lowest BCUT2D eigenvalue weighted by Gasteiger charge is -2.17. The zero-order valence-corrected chi connectivity index (χ0v) is 8.11. The van der Waals surface area contributed by atoms with Gasteiger partial charge in [-0.2, -0.15) is 8.42 Å². The quantitative estimate of drug-likeness (QED) is 0.667. The molecule has 1 aliphatic carbocycles. The first-order valence-electron chi connectivity index (χ1n) is 4.03. The number of alkyl halides is 2. The fourth-order valence-corrected chi connectivity index (χ4v) is 1.82. The lowest BCUT2D eigenvalue weighted by Crippen LogP contribution is -2.26. The van der Waals surface area contributed by atoms with Crippen LogP contribution in [0.2, 0.25) is 0 Å². The Bertz CT molecular complexity index is 273. The van der Waals surface area contributed by atoms with Gasteiger partial charge in [0.15, 0.2) is 0 Å². The topological polar surface area (TPSA) is 43.4 Å². The van der Waals surface area contributed by atoms with Gasteiger partial charge >= 0.3 is 0 Å². The van der Waals surface area contributed by atoms with Gasteiger partial charge in [-0.25, -0.2) is 8.78 Å². The van der Waals surface area contributed by atoms with Crippen molar-refractivity contribution in [2.45, 2.75) is 25.2 Å². The van der Waals surface area contributed by atoms with Crippen LogP contribution >= 0.6 is 0 Å². The Kier molecular flexibility index (Phi) is 2.91. The molecule has 0 bridgehead atoms. The molecular formula is C7H12F2O3S. The first kappa shape index (κ1) is 10.8. The second-order valence-corrected chi connectivity index (χ2v) is 4.98. The molecule has 1 fully saturated rings. The van der Waals surface area contributed by atoms with Crippen LogP contribution in [-0.2, 0) is 14.3 Å². The average molecular weight is 214 g/mol. The molecule has 0 radical (unpaired) electrons. The Morgan fingerprint density at radius 3 is 2.54 bits per heavy atom. The first-order chi connectivity index (χ1) is 5.81. The van der Waals surface area contributed by atoms with Gasteiger partial charge in [0.2, 0.25) is 0 Å². The number of halogens is 2. The smallest absolute Gasteiger partial charge is 0.264 e. The highest BCUT2D eigenvalue weighted by molar-refractivity contribution is 7.85. The Labute approximate surface area is 76.2 Å². The van der Waals surface area contributed by atoms with Gasteiger partial charge in [-0.05, 0) is 12.8 Å². The molecule has 0 N–H and O–H groups in total. The summed E-state index contributed by atoms with van der Waals surface area (Å²) in [6.45, 7) is -0.397. The van der Waals surface area contributed by atoms with E-state index >= 15 is 0 Å². The van der Waals surface area contributed by atoms with Crippen molar-refractivity contribution in [1.29, 1.82) is 0 Å². The second-order valence-electron chi connectivity index (χ2n) is 3.34. The van der Waals surface area contributed by atoms with Crippen LogP contribution in [0.4, 0.5) is 8.78 Å². The van der Waals surface area contributed by atoms with E-state index in [1.54, 1.807) is 0 Å². The molecule has 0 saturated heterocycles. The molecule has 6 heteroatoms. The van der Waals surface area contributed by atoms with E-state index < -0.39 is 28.6 Å². The predicted molar refractivity (Wildman–Crippen MR) is 43.1 cm³/mol. The largest absolute Gasteiger partial charge is 0.270 e. The van der Waals surface area contributed by atoms with Crippen LogP contribution in [0.1, 0.15) is 19.3 Å². The van der Waals surface area contributed by atoms with Gasteiger partial charge in [0.25, 0.3) is 16.0 Å². The van der Waals surface area contributed by atoms with Crippen LogP contribution in [0, 0.1) is 5.92 Å². The van der Waals surface area contributed by atoms with Crippen molar-refractivity contribution in [3.8, 4) is 0 Å². The maximum Gasteiger partial charge on any atom is 0.264 e. The van der Waals surface area contributed by atoms with Gasteiger partial charge in [-0.15, -0.1) is 0 Å². The highest BCUT2D eigenvalue weighted by Gasteiger charge is 2.44. The molecular weight excluding hydrogens is 202 g/mol. The van der Waals surface area contributed by atoms with E-state index in [9.17, 15) is 17.2 Å². The van der Waals surface area contributed by atoms with Crippen LogP contribution < -0.4 is 0 Å². The third-order valence-corrected chi connectivity index (χ3v) is 2.71. The van der Waals surface area contributed by atoms with Crippen molar-refractivity contribution in [2.24, 2.45) is 5.92 Å². The average Bonchev–Trinajstić information content (AvgIpc) is 2.23. The predicted octanol–water partition coefficient (Wildman–Crippen LogP) is 1.40. The fourth-order valence-electron chi connectivity index (χ4n) is 1.41. The fraction of sp³-hybridized carbons (Fsp3) is 1.00. The van der Waals surface area contributed by atoms with Crippen molar-refractivity contribution in [1.82, 2.24) is 0 Å². The molecule has 1 atom stereocenters. The van der Waals surface area contributed by atoms with Gasteiger partial charge in [0.1, 0.15) is 0 Å². The van der Waals surface area contributed by atoms with Crippen molar-refractivity contribution in [2.75, 3.05) is 12.9 Å². The Hall–Kier alpha value is -0.230. The molecule has 1 saturated carbocycles. The third-order valence-electron chi connectivity index (χ3n) is 2.14. The maximum absolute atomic E-state index is 12.9. The van der Waals surface area contributed by atoms with Crippen molar-refractivity contribution in [3.05, 3.63) is 0 Å². The third kappa shape index (κ3) is 3.19. The van der Waals surface area contributed by atoms with Crippen LogP contribution in [0.25, 0.3) is 0 Å². The molecule has 13 heavy (non-hydrogen) atoms. The van der Waals surface area contributed by atoms with Gasteiger partial charge in [0.05, 0.1) is 12.9 Å². The van der Waals surface area contributed by atoms with Crippen LogP contribution in [0.3, 0.4) is 0 Å². The SMILES string of the molecule is CS(=O)(=O)OC[C@H]1CCCC1(F)F. The standard InChI is InChI=1S/C7H12F2O3S/c1-13(10,11)12-5-6-3-2-4-7(6,8)9/h6H,2-5H2,1H3/t6-/m1/s1. The molecule has 0 heterocycles. The molecule has 0 unspecified atom stereocenters. The van der Waals surface area contributed by atoms with E-state index in [1.165, 1.54) is 0 Å². The maximum atomic E-state index is 12.9. The molecule has 0 aromatic carbocycles. The summed E-state index contributed by atoms with van der Waals surface area (Å²) in [7, 11) is -3.60. The zero-order chi connectivity index (χ0) is 10.1. The Morgan fingerprint density at radius 1 is 1.54 bits per heavy atom. The summed E-state index contributed by atoms with van der Waals surface area (Å²) in [5, 5.41) is 0. The summed E-state index contributed by atoms with van der Waals surface area (Å²) in [4.78, 5) is 0. The summed E-state index contributed by atoms with van der Waals surface area (Å²) < 4.78 is 51.2. The monoisotopic (exact) mass is 214 g/mol. The summed E-state index contributed by atoms with van der Waals surface area (Å²) in [5.41, 5.74) is 0. The van der Waals surface area contributed by atoms with Crippen molar-refractivity contribution in [3.63, 3.8) is 0 Å².